The van der Waals surface area contributed by atoms with E-state index in [0.29, 0.717) is 0 Å². The van der Waals surface area contributed by atoms with Gasteiger partial charge < -0.3 is 24.8 Å². The van der Waals surface area contributed by atoms with Gasteiger partial charge in [0.15, 0.2) is 0 Å². The van der Waals surface area contributed by atoms with Crippen LogP contribution in [0.2, 0.25) is 0 Å². The Morgan fingerprint density at radius 3 is 1.43 bits per heavy atom. The van der Waals surface area contributed by atoms with Gasteiger partial charge in [0.05, 0.1) is 0 Å². The average molecular weight is 591 g/mol. The molecule has 4 aliphatic rings. The first kappa shape index (κ1) is 27.2. The maximum Gasteiger partial charge on any atom is -1.00 e. The van der Waals surface area contributed by atoms with E-state index in [9.17, 15) is 0 Å². The van der Waals surface area contributed by atoms with Crippen molar-refractivity contribution in [1.82, 2.24) is 0 Å². The average Bonchev–Trinajstić information content (AvgIpc) is 3.57. The number of allylic oxidation sites excluding steroid dienone is 12. The largest absolute Gasteiger partial charge is 1.00 e. The molecule has 0 amide bonds. The minimum absolute atomic E-state index is 0. The van der Waals surface area contributed by atoms with Crippen LogP contribution in [-0.4, -0.2) is 3.81 Å². The van der Waals surface area contributed by atoms with E-state index in [4.69, 9.17) is 0 Å². The Morgan fingerprint density at radius 1 is 0.525 bits per heavy atom. The Bertz CT molecular complexity index is 1830. The molecule has 4 aliphatic carbocycles. The van der Waals surface area contributed by atoms with E-state index in [1.165, 1.54) is 66.1 Å². The van der Waals surface area contributed by atoms with Gasteiger partial charge in [0.25, 0.3) is 0 Å². The van der Waals surface area contributed by atoms with Crippen molar-refractivity contribution >= 4 is 36.5 Å². The van der Waals surface area contributed by atoms with E-state index in [1.54, 1.807) is 11.6 Å². The van der Waals surface area contributed by atoms with E-state index in [1.807, 2.05) is 0 Å². The molecule has 4 aromatic rings. The molecule has 0 aliphatic heterocycles. The molecule has 194 valence electrons. The van der Waals surface area contributed by atoms with E-state index in [0.717, 1.165) is 12.8 Å². The molecule has 0 nitrogen and oxygen atoms in total. The summed E-state index contributed by atoms with van der Waals surface area (Å²) in [7, 11) is 0. The molecule has 0 atom stereocenters. The third kappa shape index (κ3) is 3.97. The first-order valence-corrected chi connectivity index (χ1v) is 16.0. The molecule has 40 heavy (non-hydrogen) atoms. The van der Waals surface area contributed by atoms with Gasteiger partial charge in [0, 0.05) is 0 Å². The van der Waals surface area contributed by atoms with E-state index < -0.39 is 17.4 Å². The zero-order chi connectivity index (χ0) is 25.4. The van der Waals surface area contributed by atoms with Crippen LogP contribution in [0.15, 0.2) is 128 Å². The molecule has 8 rings (SSSR count). The molecule has 0 bridgehead atoms. The van der Waals surface area contributed by atoms with Crippen molar-refractivity contribution in [3.63, 3.8) is 0 Å². The fraction of sp³-hybridized carbons (Fsp3) is 0.108. The van der Waals surface area contributed by atoms with Gasteiger partial charge in [0.1, 0.15) is 0 Å². The van der Waals surface area contributed by atoms with Gasteiger partial charge in [-0.05, 0) is 0 Å². The summed E-state index contributed by atoms with van der Waals surface area (Å²) in [5.74, 6) is 0. The topological polar surface area (TPSA) is 0 Å². The molecule has 3 heteroatoms. The van der Waals surface area contributed by atoms with Gasteiger partial charge in [-0.25, -0.2) is 0 Å². The third-order valence-corrected chi connectivity index (χ3v) is 13.3. The minimum atomic E-state index is -1.92. The van der Waals surface area contributed by atoms with Crippen LogP contribution in [0.1, 0.15) is 36.1 Å². The molecule has 0 N–H and O–H groups in total. The minimum Gasteiger partial charge on any atom is -1.00 e. The summed E-state index contributed by atoms with van der Waals surface area (Å²) >= 11 is -1.92. The monoisotopic (exact) mass is 590 g/mol. The van der Waals surface area contributed by atoms with Gasteiger partial charge >= 0.3 is 231 Å². The van der Waals surface area contributed by atoms with Crippen molar-refractivity contribution in [3.8, 4) is 0 Å². The Labute approximate surface area is 254 Å². The fourth-order valence-electron chi connectivity index (χ4n) is 7.01. The first-order valence-electron chi connectivity index (χ1n) is 13.6. The first-order chi connectivity index (χ1) is 18.7. The zero-order valence-electron chi connectivity index (χ0n) is 22.6. The van der Waals surface area contributed by atoms with Gasteiger partial charge in [-0.15, -0.1) is 0 Å². The predicted molar refractivity (Wildman–Crippen MR) is 160 cm³/mol. The molecule has 0 radical (unpaired) electrons. The molecule has 0 aromatic heterocycles. The Hall–Kier alpha value is -3.00. The summed E-state index contributed by atoms with van der Waals surface area (Å²) < 4.78 is 4.84. The number of halogens is 2. The fourth-order valence-corrected chi connectivity index (χ4v) is 11.5. The van der Waals surface area contributed by atoms with Crippen molar-refractivity contribution < 1.29 is 42.2 Å². The zero-order valence-corrected chi connectivity index (χ0v) is 25.6. The second-order valence-corrected chi connectivity index (χ2v) is 15.4. The number of fused-ring (bicyclic) bond motifs is 10. The maximum absolute atomic E-state index is 2.51. The second kappa shape index (κ2) is 10.4. The van der Waals surface area contributed by atoms with Crippen LogP contribution in [0.4, 0.5) is 0 Å². The van der Waals surface area contributed by atoms with Crippen molar-refractivity contribution in [3.05, 3.63) is 150 Å². The number of rotatable bonds is 2. The molecular weight excluding hydrogens is 563 g/mol. The quantitative estimate of drug-likeness (QED) is 0.315. The van der Waals surface area contributed by atoms with Crippen molar-refractivity contribution in [2.24, 2.45) is 0 Å². The number of benzene rings is 4. The number of hydrogen-bond acceptors (Lipinski definition) is 0. The Kier molecular flexibility index (Phi) is 7.10. The summed E-state index contributed by atoms with van der Waals surface area (Å²) in [6.45, 7) is 4.76. The molecule has 0 spiro atoms. The molecule has 0 saturated heterocycles. The third-order valence-electron chi connectivity index (χ3n) is 8.65. The summed E-state index contributed by atoms with van der Waals surface area (Å²) in [5, 5.41) is 5.44. The normalized spacial score (nSPS) is 15.8. The van der Waals surface area contributed by atoms with E-state index >= 15 is 0 Å². The predicted octanol–water partition coefficient (Wildman–Crippen LogP) is 3.06. The molecule has 0 unspecified atom stereocenters. The van der Waals surface area contributed by atoms with Crippen molar-refractivity contribution in [1.29, 1.82) is 0 Å². The molecule has 0 saturated carbocycles. The second-order valence-electron chi connectivity index (χ2n) is 11.0. The van der Waals surface area contributed by atoms with Crippen LogP contribution in [-0.2, 0) is 30.2 Å². The van der Waals surface area contributed by atoms with Crippen molar-refractivity contribution in [2.45, 2.75) is 26.7 Å². The van der Waals surface area contributed by atoms with E-state index in [-0.39, 0.29) is 24.8 Å². The number of hydrogen-bond donors (Lipinski definition) is 0. The van der Waals surface area contributed by atoms with Crippen LogP contribution in [0.5, 0.6) is 0 Å². The van der Waals surface area contributed by atoms with Gasteiger partial charge in [0.2, 0.25) is 0 Å². The van der Waals surface area contributed by atoms with Crippen LogP contribution in [0.25, 0.3) is 32.7 Å². The standard InChI is InChI=1S/2C17H11.C3H6.2ClH.Ti/c2*1-2-6-15-12(4-1)8-10-14-11-9-13-5-3-7-16(13)17(14)15;1-3-2;;;/h2*1-4,6-10H,11H2;1-2H3;2*1H;/q;;;;;+2/p-2. The molecule has 4 aromatic carbocycles. The summed E-state index contributed by atoms with van der Waals surface area (Å²) in [5.41, 5.74) is 11.7. The Morgan fingerprint density at radius 2 is 0.975 bits per heavy atom. The van der Waals surface area contributed by atoms with Crippen LogP contribution >= 0.6 is 0 Å². The Balaban J connectivity index is 0.00000145. The molecule has 0 fully saturated rings. The molecular formula is C37H28Cl2Ti. The summed E-state index contributed by atoms with van der Waals surface area (Å²) in [6.07, 6.45) is 16.9. The molecule has 0 heterocycles. The van der Waals surface area contributed by atoms with Crippen LogP contribution in [0.3, 0.4) is 0 Å². The van der Waals surface area contributed by atoms with Gasteiger partial charge in [-0.2, -0.15) is 0 Å². The van der Waals surface area contributed by atoms with Gasteiger partial charge in [-0.3, -0.25) is 0 Å². The summed E-state index contributed by atoms with van der Waals surface area (Å²) in [6, 6.07) is 27.0. The van der Waals surface area contributed by atoms with Crippen LogP contribution in [0, 0.1) is 0 Å². The maximum atomic E-state index is 2.51. The van der Waals surface area contributed by atoms with E-state index in [2.05, 4.69) is 123 Å². The SMILES string of the molecule is C[C](C)=[Ti+2]([C]1=CC=C2C1=CCc1ccc3ccccc3c12)[C]1=CC=C2C1=CCc1ccc3ccccc3c12.[Cl-].[Cl-]. The summed E-state index contributed by atoms with van der Waals surface area (Å²) in [4.78, 5) is 0. The van der Waals surface area contributed by atoms with Crippen molar-refractivity contribution in [2.75, 3.05) is 0 Å². The van der Waals surface area contributed by atoms with Crippen LogP contribution < -0.4 is 24.8 Å². The van der Waals surface area contributed by atoms with Gasteiger partial charge in [-0.1, -0.05) is 0 Å². The smallest absolute Gasteiger partial charge is 1.00 e.